The Morgan fingerprint density at radius 1 is 0.778 bits per heavy atom. The molecule has 1 aliphatic rings. The van der Waals surface area contributed by atoms with E-state index in [0.29, 0.717) is 22.4 Å². The third-order valence-electron chi connectivity index (χ3n) is 7.64. The lowest BCUT2D eigenvalue weighted by Crippen LogP contribution is -2.37. The Balaban J connectivity index is 1.59. The number of imidazole rings is 1. The minimum absolute atomic E-state index is 0.128. The van der Waals surface area contributed by atoms with Crippen LogP contribution in [0.5, 0.6) is 0 Å². The van der Waals surface area contributed by atoms with Gasteiger partial charge in [-0.15, -0.1) is 0 Å². The molecule has 0 fully saturated rings. The first kappa shape index (κ1) is 20.8. The van der Waals surface area contributed by atoms with E-state index in [1.165, 1.54) is 11.1 Å². The molecule has 0 saturated heterocycles. The Kier molecular flexibility index (Phi) is 4.03. The van der Waals surface area contributed by atoms with Crippen molar-refractivity contribution in [2.24, 2.45) is 4.99 Å². The van der Waals surface area contributed by atoms with Crippen LogP contribution in [-0.4, -0.2) is 40.1 Å². The van der Waals surface area contributed by atoms with E-state index >= 15 is 0 Å². The van der Waals surface area contributed by atoms with Gasteiger partial charge in [-0.3, -0.25) is 23.9 Å². The first-order chi connectivity index (χ1) is 17.4. The van der Waals surface area contributed by atoms with E-state index in [2.05, 4.69) is 37.0 Å². The zero-order chi connectivity index (χ0) is 24.9. The molecule has 6 aromatic rings. The van der Waals surface area contributed by atoms with Crippen LogP contribution in [0.25, 0.3) is 49.4 Å². The maximum atomic E-state index is 13.8. The maximum Gasteiger partial charge on any atom is 0.264 e. The summed E-state index contributed by atoms with van der Waals surface area (Å²) in [6, 6.07) is 20.0. The largest absolute Gasteiger partial charge is 0.296 e. The SMILES string of the molecule is C/N=C1/c2ccc3c4c2c(ccc4c(=O)n2c4ccc(-c5ccc(C)c(C)c5)cc4nc32)C(=O)N1C. The summed E-state index contributed by atoms with van der Waals surface area (Å²) in [4.78, 5) is 37.8. The van der Waals surface area contributed by atoms with E-state index in [0.717, 1.165) is 43.9 Å². The second-order valence-electron chi connectivity index (χ2n) is 9.56. The predicted molar refractivity (Wildman–Crippen MR) is 145 cm³/mol. The number of aliphatic imine (C=N–C) groups is 1. The van der Waals surface area contributed by atoms with Gasteiger partial charge in [-0.25, -0.2) is 4.98 Å². The monoisotopic (exact) mass is 470 g/mol. The third-order valence-corrected chi connectivity index (χ3v) is 7.64. The van der Waals surface area contributed by atoms with Gasteiger partial charge < -0.3 is 0 Å². The molecule has 2 aromatic heterocycles. The average molecular weight is 471 g/mol. The second kappa shape index (κ2) is 6.98. The maximum absolute atomic E-state index is 13.8. The van der Waals surface area contributed by atoms with Crippen LogP contribution in [0.4, 0.5) is 0 Å². The number of fused-ring (bicyclic) bond motifs is 4. The van der Waals surface area contributed by atoms with Gasteiger partial charge in [-0.1, -0.05) is 24.3 Å². The van der Waals surface area contributed by atoms with Crippen molar-refractivity contribution in [2.45, 2.75) is 13.8 Å². The van der Waals surface area contributed by atoms with Crippen LogP contribution >= 0.6 is 0 Å². The highest BCUT2D eigenvalue weighted by molar-refractivity contribution is 6.32. The number of rotatable bonds is 1. The summed E-state index contributed by atoms with van der Waals surface area (Å²) in [6.07, 6.45) is 0. The number of hydrogen-bond acceptors (Lipinski definition) is 4. The third kappa shape index (κ3) is 2.50. The lowest BCUT2D eigenvalue weighted by molar-refractivity contribution is 0.0870. The van der Waals surface area contributed by atoms with Crippen LogP contribution in [-0.2, 0) is 0 Å². The molecule has 6 heteroatoms. The van der Waals surface area contributed by atoms with E-state index in [-0.39, 0.29) is 11.5 Å². The molecule has 0 saturated carbocycles. The molecule has 4 aromatic carbocycles. The Hall–Kier alpha value is -4.58. The van der Waals surface area contributed by atoms with Crippen molar-refractivity contribution in [1.29, 1.82) is 0 Å². The highest BCUT2D eigenvalue weighted by Gasteiger charge is 2.30. The van der Waals surface area contributed by atoms with Crippen molar-refractivity contribution in [3.05, 3.63) is 93.3 Å². The number of benzene rings is 4. The van der Waals surface area contributed by atoms with Crippen molar-refractivity contribution in [3.8, 4) is 11.1 Å². The zero-order valence-corrected chi connectivity index (χ0v) is 20.4. The summed E-state index contributed by atoms with van der Waals surface area (Å²) >= 11 is 0. The Labute approximate surface area is 206 Å². The van der Waals surface area contributed by atoms with Crippen LogP contribution in [0.1, 0.15) is 27.0 Å². The molecule has 1 amide bonds. The van der Waals surface area contributed by atoms with E-state index in [1.807, 2.05) is 30.3 Å². The Morgan fingerprint density at radius 2 is 1.50 bits per heavy atom. The van der Waals surface area contributed by atoms with Crippen LogP contribution in [0, 0.1) is 13.8 Å². The predicted octanol–water partition coefficient (Wildman–Crippen LogP) is 5.34. The first-order valence-electron chi connectivity index (χ1n) is 11.9. The number of carbonyl (C=O) groups excluding carboxylic acids is 1. The molecule has 36 heavy (non-hydrogen) atoms. The van der Waals surface area contributed by atoms with E-state index in [4.69, 9.17) is 4.98 Å². The number of aromatic nitrogens is 2. The summed E-state index contributed by atoms with van der Waals surface area (Å²) in [5.74, 6) is 0.470. The van der Waals surface area contributed by atoms with Crippen molar-refractivity contribution in [2.75, 3.05) is 14.1 Å². The van der Waals surface area contributed by atoms with Crippen molar-refractivity contribution >= 4 is 50.0 Å². The Bertz CT molecular complexity index is 2030. The molecule has 174 valence electrons. The van der Waals surface area contributed by atoms with Crippen molar-refractivity contribution < 1.29 is 4.79 Å². The fourth-order valence-corrected chi connectivity index (χ4v) is 5.64. The molecule has 6 nitrogen and oxygen atoms in total. The fraction of sp³-hybridized carbons (Fsp3) is 0.133. The number of carbonyl (C=O) groups is 1. The minimum Gasteiger partial charge on any atom is -0.296 e. The van der Waals surface area contributed by atoms with Gasteiger partial charge in [0.05, 0.1) is 11.0 Å². The zero-order valence-electron chi connectivity index (χ0n) is 20.4. The van der Waals surface area contributed by atoms with Gasteiger partial charge in [0.25, 0.3) is 11.5 Å². The van der Waals surface area contributed by atoms with Gasteiger partial charge in [-0.05, 0) is 72.5 Å². The van der Waals surface area contributed by atoms with Gasteiger partial charge in [0.1, 0.15) is 11.5 Å². The lowest BCUT2D eigenvalue weighted by Gasteiger charge is -2.27. The molecule has 0 N–H and O–H groups in total. The quantitative estimate of drug-likeness (QED) is 0.326. The molecule has 1 aliphatic heterocycles. The van der Waals surface area contributed by atoms with E-state index in [9.17, 15) is 9.59 Å². The minimum atomic E-state index is -0.135. The molecule has 0 bridgehead atoms. The average Bonchev–Trinajstić information content (AvgIpc) is 3.27. The van der Waals surface area contributed by atoms with Gasteiger partial charge in [0.15, 0.2) is 0 Å². The molecule has 0 spiro atoms. The van der Waals surface area contributed by atoms with Gasteiger partial charge in [-0.2, -0.15) is 0 Å². The number of pyridine rings is 1. The summed E-state index contributed by atoms with van der Waals surface area (Å²) in [5.41, 5.74) is 8.09. The van der Waals surface area contributed by atoms with Crippen molar-refractivity contribution in [1.82, 2.24) is 14.3 Å². The molecule has 0 radical (unpaired) electrons. The molecule has 7 rings (SSSR count). The molecule has 0 atom stereocenters. The fourth-order valence-electron chi connectivity index (χ4n) is 5.64. The second-order valence-corrected chi connectivity index (χ2v) is 9.56. The molecule has 0 aliphatic carbocycles. The van der Waals surface area contributed by atoms with Crippen LogP contribution < -0.4 is 5.56 Å². The Morgan fingerprint density at radius 3 is 2.28 bits per heavy atom. The first-order valence-corrected chi connectivity index (χ1v) is 11.9. The van der Waals surface area contributed by atoms with Crippen LogP contribution in [0.2, 0.25) is 0 Å². The van der Waals surface area contributed by atoms with Gasteiger partial charge in [0.2, 0.25) is 0 Å². The van der Waals surface area contributed by atoms with Gasteiger partial charge in [0, 0.05) is 46.8 Å². The standard InChI is InChI=1S/C30H22N4O2/c1-15-5-6-17(13-16(15)2)18-7-12-24-23(14-18)32-28-20-9-8-19-25-21(29(35)33(4)27(19)31-3)10-11-22(26(20)25)30(36)34(24)28/h5-14H,1-4H3/b31-27-. The van der Waals surface area contributed by atoms with Crippen LogP contribution in [0.3, 0.4) is 0 Å². The summed E-state index contributed by atoms with van der Waals surface area (Å²) in [6.45, 7) is 4.21. The molecular weight excluding hydrogens is 448 g/mol. The number of nitrogens with zero attached hydrogens (tertiary/aromatic N) is 4. The van der Waals surface area contributed by atoms with Crippen LogP contribution in [0.15, 0.2) is 70.5 Å². The number of aryl methyl sites for hydroxylation is 2. The normalized spacial score (nSPS) is 14.8. The lowest BCUT2D eigenvalue weighted by atomic mass is 9.90. The molecule has 0 unspecified atom stereocenters. The highest BCUT2D eigenvalue weighted by atomic mass is 16.2. The highest BCUT2D eigenvalue weighted by Crippen LogP contribution is 2.37. The summed E-state index contributed by atoms with van der Waals surface area (Å²) in [7, 11) is 3.40. The van der Waals surface area contributed by atoms with Crippen molar-refractivity contribution in [3.63, 3.8) is 0 Å². The number of hydrogen-bond donors (Lipinski definition) is 0. The van der Waals surface area contributed by atoms with E-state index < -0.39 is 0 Å². The smallest absolute Gasteiger partial charge is 0.264 e. The summed E-state index contributed by atoms with van der Waals surface area (Å²) < 4.78 is 1.70. The number of amides is 1. The van der Waals surface area contributed by atoms with Gasteiger partial charge >= 0.3 is 0 Å². The number of amidine groups is 1. The molecule has 3 heterocycles. The topological polar surface area (TPSA) is 67.0 Å². The summed E-state index contributed by atoms with van der Waals surface area (Å²) in [5, 5.41) is 2.97. The molecular formula is C30H22N4O2. The van der Waals surface area contributed by atoms with E-state index in [1.54, 1.807) is 35.5 Å².